The zero-order valence-corrected chi connectivity index (χ0v) is 7.75. The monoisotopic (exact) mass is 260 g/mol. The lowest BCUT2D eigenvalue weighted by atomic mass is 10.2. The van der Waals surface area contributed by atoms with E-state index in [0.717, 1.165) is 0 Å². The molecule has 0 aromatic rings. The van der Waals surface area contributed by atoms with Gasteiger partial charge in [-0.2, -0.15) is 34.8 Å². The van der Waals surface area contributed by atoms with Gasteiger partial charge in [-0.1, -0.05) is 0 Å². The Labute approximate surface area is 80.8 Å². The van der Waals surface area contributed by atoms with Gasteiger partial charge < -0.3 is 0 Å². The van der Waals surface area contributed by atoms with Crippen LogP contribution in [0.4, 0.5) is 26.3 Å². The summed E-state index contributed by atoms with van der Waals surface area (Å²) in [5, 5.41) is -3.40. The molecule has 10 heteroatoms. The highest BCUT2D eigenvalue weighted by Gasteiger charge is 2.49. The van der Waals surface area contributed by atoms with Gasteiger partial charge in [-0.25, -0.2) is 0 Å². The van der Waals surface area contributed by atoms with Crippen LogP contribution in [-0.4, -0.2) is 30.6 Å². The summed E-state index contributed by atoms with van der Waals surface area (Å²) >= 11 is 0. The first-order chi connectivity index (χ1) is 6.34. The minimum atomic E-state index is -5.57. The second kappa shape index (κ2) is 4.16. The van der Waals surface area contributed by atoms with Crippen molar-refractivity contribution in [2.24, 2.45) is 0 Å². The lowest BCUT2D eigenvalue weighted by Crippen LogP contribution is -2.37. The molecule has 0 aromatic carbocycles. The van der Waals surface area contributed by atoms with Gasteiger partial charge in [-0.15, -0.1) is 0 Å². The third-order valence-electron chi connectivity index (χ3n) is 1.41. The topological polar surface area (TPSA) is 54.4 Å². The van der Waals surface area contributed by atoms with E-state index in [9.17, 15) is 34.8 Å². The summed E-state index contributed by atoms with van der Waals surface area (Å²) in [6.07, 6.45) is -14.0. The molecule has 0 radical (unpaired) electrons. The average Bonchev–Trinajstić information content (AvgIpc) is 1.75. The quantitative estimate of drug-likeness (QED) is 0.624. The molecule has 0 heterocycles. The molecule has 0 aromatic heterocycles. The van der Waals surface area contributed by atoms with Crippen LogP contribution in [0.1, 0.15) is 12.8 Å². The van der Waals surface area contributed by atoms with E-state index in [4.69, 9.17) is 4.55 Å². The molecule has 0 saturated heterocycles. The molecule has 15 heavy (non-hydrogen) atoms. The van der Waals surface area contributed by atoms with E-state index in [1.165, 1.54) is 0 Å². The number of halogens is 6. The molecule has 1 N–H and O–H groups in total. The van der Waals surface area contributed by atoms with Crippen LogP contribution < -0.4 is 0 Å². The minimum Gasteiger partial charge on any atom is -0.285 e. The van der Waals surface area contributed by atoms with Crippen molar-refractivity contribution >= 4 is 10.1 Å². The molecule has 92 valence electrons. The van der Waals surface area contributed by atoms with Crippen molar-refractivity contribution in [2.45, 2.75) is 30.4 Å². The van der Waals surface area contributed by atoms with Crippen LogP contribution >= 0.6 is 0 Å². The van der Waals surface area contributed by atoms with Crippen molar-refractivity contribution < 1.29 is 39.3 Å². The van der Waals surface area contributed by atoms with Gasteiger partial charge in [0.2, 0.25) is 0 Å². The van der Waals surface area contributed by atoms with Crippen molar-refractivity contribution in [2.75, 3.05) is 0 Å². The van der Waals surface area contributed by atoms with Crippen LogP contribution in [0.25, 0.3) is 0 Å². The molecule has 0 saturated carbocycles. The van der Waals surface area contributed by atoms with Gasteiger partial charge in [0.25, 0.3) is 10.1 Å². The Bertz CT molecular complexity index is 302. The molecule has 3 nitrogen and oxygen atoms in total. The van der Waals surface area contributed by atoms with Crippen LogP contribution in [0.2, 0.25) is 0 Å². The molecule has 1 unspecified atom stereocenters. The number of rotatable bonds is 3. The van der Waals surface area contributed by atoms with Gasteiger partial charge >= 0.3 is 12.4 Å². The van der Waals surface area contributed by atoms with E-state index in [2.05, 4.69) is 0 Å². The Kier molecular flexibility index (Phi) is 4.02. The molecule has 0 aliphatic rings. The van der Waals surface area contributed by atoms with Crippen molar-refractivity contribution in [3.63, 3.8) is 0 Å². The molecule has 0 fully saturated rings. The summed E-state index contributed by atoms with van der Waals surface area (Å²) < 4.78 is 98.7. The van der Waals surface area contributed by atoms with E-state index in [-0.39, 0.29) is 0 Å². The first-order valence-electron chi connectivity index (χ1n) is 3.44. The molecule has 0 aliphatic carbocycles. The Balaban J connectivity index is 4.72. The third-order valence-corrected chi connectivity index (χ3v) is 2.64. The first kappa shape index (κ1) is 14.5. The molecule has 0 aliphatic heterocycles. The highest BCUT2D eigenvalue weighted by molar-refractivity contribution is 7.86. The van der Waals surface area contributed by atoms with Crippen molar-refractivity contribution in [1.29, 1.82) is 0 Å². The van der Waals surface area contributed by atoms with E-state index in [1.807, 2.05) is 0 Å². The van der Waals surface area contributed by atoms with Gasteiger partial charge in [-0.05, 0) is 6.42 Å². The lowest BCUT2D eigenvalue weighted by Gasteiger charge is -2.17. The largest absolute Gasteiger partial charge is 0.407 e. The highest BCUT2D eigenvalue weighted by atomic mass is 32.2. The van der Waals surface area contributed by atoms with E-state index in [0.29, 0.717) is 0 Å². The zero-order chi connectivity index (χ0) is 12.5. The second-order valence-electron chi connectivity index (χ2n) is 2.70. The van der Waals surface area contributed by atoms with Crippen LogP contribution in [0.15, 0.2) is 0 Å². The smallest absolute Gasteiger partial charge is 0.285 e. The summed E-state index contributed by atoms with van der Waals surface area (Å²) in [6, 6.07) is 0. The Morgan fingerprint density at radius 2 is 1.47 bits per heavy atom. The molecule has 0 rings (SSSR count). The Morgan fingerprint density at radius 1 is 1.07 bits per heavy atom. The summed E-state index contributed by atoms with van der Waals surface area (Å²) in [7, 11) is -5.57. The van der Waals surface area contributed by atoms with Gasteiger partial charge in [0.15, 0.2) is 5.25 Å². The van der Waals surface area contributed by atoms with Gasteiger partial charge in [-0.3, -0.25) is 4.55 Å². The summed E-state index contributed by atoms with van der Waals surface area (Å²) in [6.45, 7) is 0. The van der Waals surface area contributed by atoms with E-state index in [1.54, 1.807) is 0 Å². The van der Waals surface area contributed by atoms with Crippen LogP contribution in [0.3, 0.4) is 0 Å². The van der Waals surface area contributed by atoms with Gasteiger partial charge in [0.1, 0.15) is 0 Å². The SMILES string of the molecule is O=S(=O)(O)C(CCC(F)(F)F)C(F)(F)F. The Hall–Kier alpha value is -0.510. The summed E-state index contributed by atoms with van der Waals surface area (Å²) in [4.78, 5) is 0. The van der Waals surface area contributed by atoms with E-state index < -0.39 is 40.6 Å². The summed E-state index contributed by atoms with van der Waals surface area (Å²) in [5.74, 6) is 0. The van der Waals surface area contributed by atoms with Crippen molar-refractivity contribution in [3.05, 3.63) is 0 Å². The molecule has 0 bridgehead atoms. The molecule has 0 amide bonds. The van der Waals surface area contributed by atoms with Crippen LogP contribution in [-0.2, 0) is 10.1 Å². The summed E-state index contributed by atoms with van der Waals surface area (Å²) in [5.41, 5.74) is 0. The fourth-order valence-corrected chi connectivity index (χ4v) is 1.53. The fraction of sp³-hybridized carbons (Fsp3) is 1.00. The third kappa shape index (κ3) is 5.82. The molecule has 1 atom stereocenters. The number of alkyl halides is 6. The maximum Gasteiger partial charge on any atom is 0.407 e. The van der Waals surface area contributed by atoms with Gasteiger partial charge in [0, 0.05) is 6.42 Å². The average molecular weight is 260 g/mol. The standard InChI is InChI=1S/C5H6F6O3S/c6-4(7,8)2-1-3(5(9,10)11)15(12,13)14/h3H,1-2H2,(H,12,13,14). The minimum absolute atomic E-state index is 1.74. The predicted molar refractivity (Wildman–Crippen MR) is 36.7 cm³/mol. The van der Waals surface area contributed by atoms with E-state index >= 15 is 0 Å². The first-order valence-corrected chi connectivity index (χ1v) is 4.94. The zero-order valence-electron chi connectivity index (χ0n) is 6.93. The van der Waals surface area contributed by atoms with Crippen molar-refractivity contribution in [3.8, 4) is 0 Å². The van der Waals surface area contributed by atoms with Crippen molar-refractivity contribution in [1.82, 2.24) is 0 Å². The Morgan fingerprint density at radius 3 is 1.67 bits per heavy atom. The highest BCUT2D eigenvalue weighted by Crippen LogP contribution is 2.32. The maximum absolute atomic E-state index is 11.9. The predicted octanol–water partition coefficient (Wildman–Crippen LogP) is 2.15. The van der Waals surface area contributed by atoms with Crippen LogP contribution in [0, 0.1) is 0 Å². The molecule has 0 spiro atoms. The van der Waals surface area contributed by atoms with Crippen LogP contribution in [0.5, 0.6) is 0 Å². The lowest BCUT2D eigenvalue weighted by molar-refractivity contribution is -0.155. The fourth-order valence-electron chi connectivity index (χ4n) is 0.776. The molecular formula is C5H6F6O3S. The number of hydrogen-bond acceptors (Lipinski definition) is 2. The maximum atomic E-state index is 11.9. The second-order valence-corrected chi connectivity index (χ2v) is 4.30. The van der Waals surface area contributed by atoms with Gasteiger partial charge in [0.05, 0.1) is 0 Å². The normalized spacial score (nSPS) is 16.5. The number of hydrogen-bond donors (Lipinski definition) is 1. The molecular weight excluding hydrogens is 254 g/mol.